The fourth-order valence-electron chi connectivity index (χ4n) is 3.36. The molecule has 0 atom stereocenters. The molecule has 6 nitrogen and oxygen atoms in total. The molecule has 0 aliphatic carbocycles. The van der Waals surface area contributed by atoms with Gasteiger partial charge in [0.1, 0.15) is 5.82 Å². The first-order chi connectivity index (χ1) is 13.0. The van der Waals surface area contributed by atoms with Gasteiger partial charge < -0.3 is 14.4 Å². The SMILES string of the molecule is CCOC(=O)Nn1c(-c2ccccc2)c(Cl)c(C(C)C)c1N1CCOCC1. The lowest BCUT2D eigenvalue weighted by Crippen LogP contribution is -2.39. The van der Waals surface area contributed by atoms with E-state index < -0.39 is 6.09 Å². The Bertz CT molecular complexity index is 784. The number of ether oxygens (including phenoxy) is 2. The first kappa shape index (κ1) is 19.6. The van der Waals surface area contributed by atoms with Gasteiger partial charge in [-0.2, -0.15) is 0 Å². The summed E-state index contributed by atoms with van der Waals surface area (Å²) in [6, 6.07) is 9.83. The number of morpholine rings is 1. The maximum atomic E-state index is 12.3. The molecule has 1 saturated heterocycles. The van der Waals surface area contributed by atoms with Crippen LogP contribution in [-0.4, -0.2) is 43.7 Å². The van der Waals surface area contributed by atoms with Crippen molar-refractivity contribution in [1.82, 2.24) is 4.68 Å². The predicted molar refractivity (Wildman–Crippen MR) is 108 cm³/mol. The Morgan fingerprint density at radius 3 is 2.52 bits per heavy atom. The van der Waals surface area contributed by atoms with Crippen molar-refractivity contribution in [3.05, 3.63) is 40.9 Å². The molecule has 0 unspecified atom stereocenters. The van der Waals surface area contributed by atoms with Gasteiger partial charge in [-0.3, -0.25) is 0 Å². The Labute approximate surface area is 165 Å². The third-order valence-corrected chi connectivity index (χ3v) is 4.92. The van der Waals surface area contributed by atoms with Crippen molar-refractivity contribution >= 4 is 23.5 Å². The molecule has 27 heavy (non-hydrogen) atoms. The van der Waals surface area contributed by atoms with Gasteiger partial charge in [-0.25, -0.2) is 14.9 Å². The highest BCUT2D eigenvalue weighted by Gasteiger charge is 2.30. The molecule has 7 heteroatoms. The Hall–Kier alpha value is -2.18. The molecule has 3 rings (SSSR count). The summed E-state index contributed by atoms with van der Waals surface area (Å²) in [7, 11) is 0. The number of halogens is 1. The molecule has 2 heterocycles. The normalized spacial score (nSPS) is 14.5. The van der Waals surface area contributed by atoms with Crippen LogP contribution in [0.3, 0.4) is 0 Å². The third-order valence-electron chi connectivity index (χ3n) is 4.53. The summed E-state index contributed by atoms with van der Waals surface area (Å²) in [5.41, 5.74) is 5.58. The van der Waals surface area contributed by atoms with E-state index in [9.17, 15) is 4.79 Å². The lowest BCUT2D eigenvalue weighted by molar-refractivity contribution is 0.122. The highest BCUT2D eigenvalue weighted by molar-refractivity contribution is 6.34. The number of anilines is 1. The van der Waals surface area contributed by atoms with Crippen molar-refractivity contribution in [2.45, 2.75) is 26.7 Å². The van der Waals surface area contributed by atoms with E-state index in [1.807, 2.05) is 30.3 Å². The van der Waals surface area contributed by atoms with E-state index in [1.54, 1.807) is 11.6 Å². The van der Waals surface area contributed by atoms with Crippen LogP contribution in [0.2, 0.25) is 5.02 Å². The number of carbonyl (C=O) groups is 1. The Morgan fingerprint density at radius 2 is 1.93 bits per heavy atom. The molecule has 1 aromatic carbocycles. The number of aromatic nitrogens is 1. The number of rotatable bonds is 5. The fourth-order valence-corrected chi connectivity index (χ4v) is 3.86. The summed E-state index contributed by atoms with van der Waals surface area (Å²) in [6.45, 7) is 9.04. The summed E-state index contributed by atoms with van der Waals surface area (Å²) < 4.78 is 12.4. The molecule has 0 spiro atoms. The lowest BCUT2D eigenvalue weighted by Gasteiger charge is -2.31. The third kappa shape index (κ3) is 4.06. The van der Waals surface area contributed by atoms with E-state index in [0.29, 0.717) is 24.8 Å². The Kier molecular flexibility index (Phi) is 6.29. The zero-order valence-corrected chi connectivity index (χ0v) is 16.8. The van der Waals surface area contributed by atoms with Crippen LogP contribution in [0.5, 0.6) is 0 Å². The minimum atomic E-state index is -0.508. The minimum absolute atomic E-state index is 0.183. The van der Waals surface area contributed by atoms with Crippen molar-refractivity contribution in [3.63, 3.8) is 0 Å². The first-order valence-corrected chi connectivity index (χ1v) is 9.68. The molecule has 1 fully saturated rings. The van der Waals surface area contributed by atoms with Crippen molar-refractivity contribution in [1.29, 1.82) is 0 Å². The molecule has 1 aromatic heterocycles. The fraction of sp³-hybridized carbons (Fsp3) is 0.450. The molecule has 1 N–H and O–H groups in total. The second-order valence-electron chi connectivity index (χ2n) is 6.69. The topological polar surface area (TPSA) is 55.7 Å². The molecule has 0 bridgehead atoms. The molecule has 146 valence electrons. The van der Waals surface area contributed by atoms with Gasteiger partial charge in [-0.15, -0.1) is 0 Å². The quantitative estimate of drug-likeness (QED) is 0.817. The summed E-state index contributed by atoms with van der Waals surface area (Å²) >= 11 is 6.87. The van der Waals surface area contributed by atoms with Crippen LogP contribution in [0, 0.1) is 0 Å². The monoisotopic (exact) mass is 391 g/mol. The van der Waals surface area contributed by atoms with Gasteiger partial charge in [0.2, 0.25) is 0 Å². The van der Waals surface area contributed by atoms with Gasteiger partial charge in [0, 0.05) is 24.2 Å². The molecule has 1 aliphatic rings. The molecule has 1 aliphatic heterocycles. The molecule has 1 amide bonds. The van der Waals surface area contributed by atoms with Crippen molar-refractivity contribution in [2.75, 3.05) is 43.2 Å². The van der Waals surface area contributed by atoms with Gasteiger partial charge in [0.05, 0.1) is 30.5 Å². The van der Waals surface area contributed by atoms with Gasteiger partial charge in [-0.05, 0) is 12.8 Å². The summed E-state index contributed by atoms with van der Waals surface area (Å²) in [4.78, 5) is 14.5. The number of nitrogens with zero attached hydrogens (tertiary/aromatic N) is 2. The molecular weight excluding hydrogens is 366 g/mol. The van der Waals surface area contributed by atoms with Crippen LogP contribution < -0.4 is 10.3 Å². The zero-order chi connectivity index (χ0) is 19.4. The van der Waals surface area contributed by atoms with Crippen LogP contribution >= 0.6 is 11.6 Å². The smallest absolute Gasteiger partial charge is 0.426 e. The number of amides is 1. The highest BCUT2D eigenvalue weighted by Crippen LogP contribution is 2.43. The molecular formula is C20H26ClN3O3. The maximum Gasteiger partial charge on any atom is 0.426 e. The summed E-state index contributed by atoms with van der Waals surface area (Å²) in [6.07, 6.45) is -0.508. The van der Waals surface area contributed by atoms with E-state index in [1.165, 1.54) is 0 Å². The highest BCUT2D eigenvalue weighted by atomic mass is 35.5. The van der Waals surface area contributed by atoms with Crippen molar-refractivity contribution in [3.8, 4) is 11.3 Å². The number of carbonyl (C=O) groups excluding carboxylic acids is 1. The van der Waals surface area contributed by atoms with Gasteiger partial charge >= 0.3 is 6.09 Å². The second kappa shape index (κ2) is 8.67. The van der Waals surface area contributed by atoms with E-state index in [-0.39, 0.29) is 5.92 Å². The largest absolute Gasteiger partial charge is 0.449 e. The van der Waals surface area contributed by atoms with Crippen molar-refractivity contribution < 1.29 is 14.3 Å². The number of hydrogen-bond acceptors (Lipinski definition) is 4. The van der Waals surface area contributed by atoms with Crippen LogP contribution in [0.1, 0.15) is 32.3 Å². The summed E-state index contributed by atoms with van der Waals surface area (Å²) in [5.74, 6) is 1.08. The standard InChI is InChI=1S/C20H26ClN3O3/c1-4-27-20(25)22-24-18(15-8-6-5-7-9-15)17(21)16(14(2)3)19(24)23-10-12-26-13-11-23/h5-9,14H,4,10-13H2,1-3H3,(H,22,25). The van der Waals surface area contributed by atoms with E-state index in [0.717, 1.165) is 35.7 Å². The van der Waals surface area contributed by atoms with Gasteiger partial charge in [0.25, 0.3) is 0 Å². The molecule has 0 saturated carbocycles. The number of benzene rings is 1. The minimum Gasteiger partial charge on any atom is -0.449 e. The Morgan fingerprint density at radius 1 is 1.26 bits per heavy atom. The first-order valence-electron chi connectivity index (χ1n) is 9.30. The van der Waals surface area contributed by atoms with Crippen LogP contribution in [0.4, 0.5) is 10.6 Å². The van der Waals surface area contributed by atoms with E-state index in [4.69, 9.17) is 21.1 Å². The van der Waals surface area contributed by atoms with Gasteiger partial charge in [0.15, 0.2) is 0 Å². The van der Waals surface area contributed by atoms with E-state index >= 15 is 0 Å². The predicted octanol–water partition coefficient (Wildman–Crippen LogP) is 4.47. The summed E-state index contributed by atoms with van der Waals surface area (Å²) in [5, 5.41) is 0.648. The van der Waals surface area contributed by atoms with Crippen LogP contribution in [-0.2, 0) is 9.47 Å². The average Bonchev–Trinajstić information content (AvgIpc) is 2.95. The maximum absolute atomic E-state index is 12.3. The number of nitrogens with one attached hydrogen (secondary N) is 1. The van der Waals surface area contributed by atoms with Crippen LogP contribution in [0.15, 0.2) is 30.3 Å². The second-order valence-corrected chi connectivity index (χ2v) is 7.07. The van der Waals surface area contributed by atoms with Crippen molar-refractivity contribution in [2.24, 2.45) is 0 Å². The molecule has 0 radical (unpaired) electrons. The van der Waals surface area contributed by atoms with E-state index in [2.05, 4.69) is 24.2 Å². The number of hydrogen-bond donors (Lipinski definition) is 1. The zero-order valence-electron chi connectivity index (χ0n) is 16.0. The average molecular weight is 392 g/mol. The molecule has 2 aromatic rings. The van der Waals surface area contributed by atoms with Crippen LogP contribution in [0.25, 0.3) is 11.3 Å². The Balaban J connectivity index is 2.20. The lowest BCUT2D eigenvalue weighted by atomic mass is 10.0. The van der Waals surface area contributed by atoms with Gasteiger partial charge in [-0.1, -0.05) is 55.8 Å².